The summed E-state index contributed by atoms with van der Waals surface area (Å²) in [4.78, 5) is 24.6. The Morgan fingerprint density at radius 1 is 1.39 bits per heavy atom. The molecule has 1 aromatic carbocycles. The van der Waals surface area contributed by atoms with Gasteiger partial charge >= 0.3 is 12.5 Å². The number of carbonyl (C=O) groups is 2. The van der Waals surface area contributed by atoms with Crippen LogP contribution >= 0.6 is 0 Å². The standard InChI is InChI=1S/C15H14F3NO4/c1-14(2)9-22-13(21)19(14)12(20)7-6-10-4-3-5-11(8-10)23-15(16,17)18/h3-8H,9H2,1-2H3/b7-6+. The fraction of sp³-hybridized carbons (Fsp3) is 0.333. The monoisotopic (exact) mass is 329 g/mol. The lowest BCUT2D eigenvalue weighted by molar-refractivity contribution is -0.274. The Morgan fingerprint density at radius 2 is 2.09 bits per heavy atom. The quantitative estimate of drug-likeness (QED) is 0.798. The first-order valence-electron chi connectivity index (χ1n) is 6.63. The van der Waals surface area contributed by atoms with E-state index in [1.807, 2.05) is 0 Å². The van der Waals surface area contributed by atoms with Crippen molar-refractivity contribution in [3.63, 3.8) is 0 Å². The second-order valence-corrected chi connectivity index (χ2v) is 5.49. The van der Waals surface area contributed by atoms with Crippen molar-refractivity contribution in [2.24, 2.45) is 0 Å². The topological polar surface area (TPSA) is 55.8 Å². The van der Waals surface area contributed by atoms with Gasteiger partial charge in [-0.05, 0) is 37.6 Å². The van der Waals surface area contributed by atoms with Gasteiger partial charge in [0.2, 0.25) is 0 Å². The molecular weight excluding hydrogens is 315 g/mol. The molecule has 1 aliphatic rings. The molecule has 0 aliphatic carbocycles. The van der Waals surface area contributed by atoms with Crippen molar-refractivity contribution in [3.8, 4) is 5.75 Å². The van der Waals surface area contributed by atoms with Gasteiger partial charge in [-0.15, -0.1) is 13.2 Å². The first kappa shape index (κ1) is 16.9. The number of halogens is 3. The third kappa shape index (κ3) is 4.24. The molecule has 0 spiro atoms. The van der Waals surface area contributed by atoms with Crippen LogP contribution in [0.15, 0.2) is 30.3 Å². The molecule has 0 bridgehead atoms. The van der Waals surface area contributed by atoms with Gasteiger partial charge < -0.3 is 9.47 Å². The summed E-state index contributed by atoms with van der Waals surface area (Å²) < 4.78 is 45.1. The van der Waals surface area contributed by atoms with E-state index >= 15 is 0 Å². The van der Waals surface area contributed by atoms with Crippen LogP contribution in [-0.2, 0) is 9.53 Å². The highest BCUT2D eigenvalue weighted by Crippen LogP contribution is 2.25. The Labute approximate surface area is 130 Å². The maximum atomic E-state index is 12.2. The highest BCUT2D eigenvalue weighted by atomic mass is 19.4. The molecule has 0 N–H and O–H groups in total. The van der Waals surface area contributed by atoms with E-state index in [2.05, 4.69) is 4.74 Å². The first-order valence-corrected chi connectivity index (χ1v) is 6.63. The summed E-state index contributed by atoms with van der Waals surface area (Å²) in [7, 11) is 0. The van der Waals surface area contributed by atoms with Crippen molar-refractivity contribution in [1.29, 1.82) is 0 Å². The fourth-order valence-electron chi connectivity index (χ4n) is 2.06. The maximum absolute atomic E-state index is 12.2. The van der Waals surface area contributed by atoms with Crippen LogP contribution in [0, 0.1) is 0 Å². The minimum atomic E-state index is -4.79. The zero-order chi connectivity index (χ0) is 17.3. The molecule has 124 valence electrons. The normalized spacial score (nSPS) is 17.4. The van der Waals surface area contributed by atoms with Crippen LogP contribution in [0.3, 0.4) is 0 Å². The smallest absolute Gasteiger partial charge is 0.447 e. The second-order valence-electron chi connectivity index (χ2n) is 5.49. The number of amides is 2. The molecule has 1 aliphatic heterocycles. The molecule has 1 heterocycles. The molecule has 0 unspecified atom stereocenters. The van der Waals surface area contributed by atoms with E-state index in [-0.39, 0.29) is 6.61 Å². The lowest BCUT2D eigenvalue weighted by atomic mass is 10.1. The van der Waals surface area contributed by atoms with Gasteiger partial charge in [0.1, 0.15) is 12.4 Å². The van der Waals surface area contributed by atoms with Crippen LogP contribution in [0.2, 0.25) is 0 Å². The summed E-state index contributed by atoms with van der Waals surface area (Å²) in [5.41, 5.74) is -0.454. The molecule has 0 saturated carbocycles. The molecule has 1 saturated heterocycles. The third-order valence-electron chi connectivity index (χ3n) is 3.07. The second kappa shape index (κ2) is 5.94. The Morgan fingerprint density at radius 3 is 2.65 bits per heavy atom. The lowest BCUT2D eigenvalue weighted by Gasteiger charge is -2.24. The molecule has 2 rings (SSSR count). The fourth-order valence-corrected chi connectivity index (χ4v) is 2.06. The SMILES string of the molecule is CC1(C)COC(=O)N1C(=O)/C=C/c1cccc(OC(F)(F)F)c1. The molecule has 0 aromatic heterocycles. The van der Waals surface area contributed by atoms with Gasteiger partial charge in [0.25, 0.3) is 5.91 Å². The lowest BCUT2D eigenvalue weighted by Crippen LogP contribution is -2.45. The molecule has 1 fully saturated rings. The largest absolute Gasteiger partial charge is 0.573 e. The van der Waals surface area contributed by atoms with Crippen LogP contribution in [-0.4, -0.2) is 35.4 Å². The van der Waals surface area contributed by atoms with Gasteiger partial charge in [-0.25, -0.2) is 9.69 Å². The summed E-state index contributed by atoms with van der Waals surface area (Å²) in [5, 5.41) is 0. The van der Waals surface area contributed by atoms with Crippen molar-refractivity contribution in [2.75, 3.05) is 6.61 Å². The number of imide groups is 1. The number of ether oxygens (including phenoxy) is 2. The number of carbonyl (C=O) groups excluding carboxylic acids is 2. The number of benzene rings is 1. The summed E-state index contributed by atoms with van der Waals surface area (Å²) in [5.74, 6) is -1.01. The van der Waals surface area contributed by atoms with Gasteiger partial charge in [-0.1, -0.05) is 12.1 Å². The molecular formula is C15H14F3NO4. The molecule has 5 nitrogen and oxygen atoms in total. The summed E-state index contributed by atoms with van der Waals surface area (Å²) in [6.07, 6.45) is -3.14. The average molecular weight is 329 g/mol. The highest BCUT2D eigenvalue weighted by molar-refractivity contribution is 6.02. The van der Waals surface area contributed by atoms with E-state index in [9.17, 15) is 22.8 Å². The first-order chi connectivity index (χ1) is 10.6. The Hall–Kier alpha value is -2.51. The van der Waals surface area contributed by atoms with E-state index in [0.717, 1.165) is 23.1 Å². The van der Waals surface area contributed by atoms with Crippen LogP contribution in [0.5, 0.6) is 5.75 Å². The molecule has 23 heavy (non-hydrogen) atoms. The van der Waals surface area contributed by atoms with Crippen molar-refractivity contribution >= 4 is 18.1 Å². The molecule has 0 radical (unpaired) electrons. The molecule has 8 heteroatoms. The predicted octanol–water partition coefficient (Wildman–Crippen LogP) is 3.36. The molecule has 1 aromatic rings. The average Bonchev–Trinajstić information content (AvgIpc) is 2.68. The molecule has 0 atom stereocenters. The van der Waals surface area contributed by atoms with Gasteiger partial charge in [0.15, 0.2) is 0 Å². The molecule has 2 amide bonds. The summed E-state index contributed by atoms with van der Waals surface area (Å²) >= 11 is 0. The summed E-state index contributed by atoms with van der Waals surface area (Å²) in [6, 6.07) is 5.14. The van der Waals surface area contributed by atoms with Crippen LogP contribution in [0.1, 0.15) is 19.4 Å². The number of hydrogen-bond acceptors (Lipinski definition) is 4. The van der Waals surface area contributed by atoms with Crippen LogP contribution < -0.4 is 4.74 Å². The number of hydrogen-bond donors (Lipinski definition) is 0. The minimum absolute atomic E-state index is 0.0837. The van der Waals surface area contributed by atoms with Crippen molar-refractivity contribution < 1.29 is 32.2 Å². The highest BCUT2D eigenvalue weighted by Gasteiger charge is 2.43. The van der Waals surface area contributed by atoms with Gasteiger partial charge in [0, 0.05) is 6.08 Å². The van der Waals surface area contributed by atoms with E-state index in [1.54, 1.807) is 13.8 Å². The van der Waals surface area contributed by atoms with E-state index in [0.29, 0.717) is 5.56 Å². The van der Waals surface area contributed by atoms with E-state index in [1.165, 1.54) is 18.2 Å². The van der Waals surface area contributed by atoms with Crippen molar-refractivity contribution in [1.82, 2.24) is 4.90 Å². The van der Waals surface area contributed by atoms with Crippen LogP contribution in [0.25, 0.3) is 6.08 Å². The number of rotatable bonds is 3. The maximum Gasteiger partial charge on any atom is 0.573 e. The Bertz CT molecular complexity index is 652. The zero-order valence-electron chi connectivity index (χ0n) is 12.4. The van der Waals surface area contributed by atoms with Gasteiger partial charge in [-0.2, -0.15) is 0 Å². The van der Waals surface area contributed by atoms with Crippen molar-refractivity contribution in [3.05, 3.63) is 35.9 Å². The van der Waals surface area contributed by atoms with Gasteiger partial charge in [-0.3, -0.25) is 4.79 Å². The Kier molecular flexibility index (Phi) is 4.35. The predicted molar refractivity (Wildman–Crippen MR) is 74.4 cm³/mol. The van der Waals surface area contributed by atoms with E-state index < -0.39 is 29.7 Å². The van der Waals surface area contributed by atoms with E-state index in [4.69, 9.17) is 4.74 Å². The number of nitrogens with zero attached hydrogens (tertiary/aromatic N) is 1. The minimum Gasteiger partial charge on any atom is -0.447 e. The zero-order valence-corrected chi connectivity index (χ0v) is 12.4. The number of cyclic esters (lactones) is 1. The van der Waals surface area contributed by atoms with Gasteiger partial charge in [0.05, 0.1) is 5.54 Å². The Balaban J connectivity index is 2.12. The third-order valence-corrected chi connectivity index (χ3v) is 3.07. The van der Waals surface area contributed by atoms with Crippen LogP contribution in [0.4, 0.5) is 18.0 Å². The number of alkyl halides is 3. The van der Waals surface area contributed by atoms with Crippen molar-refractivity contribution in [2.45, 2.75) is 25.7 Å². The summed E-state index contributed by atoms with van der Waals surface area (Å²) in [6.45, 7) is 3.42.